The molecule has 4 amide bonds. The molecule has 0 spiro atoms. The van der Waals surface area contributed by atoms with Crippen LogP contribution in [0.2, 0.25) is 0 Å². The van der Waals surface area contributed by atoms with Crippen molar-refractivity contribution in [2.75, 3.05) is 20.1 Å². The molecular weight excluding hydrogens is 461 g/mol. The minimum Gasteiger partial charge on any atom is -0.333 e. The predicted molar refractivity (Wildman–Crippen MR) is 134 cm³/mol. The molecule has 0 saturated carbocycles. The molecule has 0 aromatic heterocycles. The maximum atomic E-state index is 13.7. The lowest BCUT2D eigenvalue weighted by molar-refractivity contribution is -0.189. The second-order valence-electron chi connectivity index (χ2n) is 9.46. The number of carbonyl (C=O) groups excluding carboxylic acids is 3. The minimum atomic E-state index is -0.629. The van der Waals surface area contributed by atoms with E-state index in [-0.39, 0.29) is 49.3 Å². The van der Waals surface area contributed by atoms with Gasteiger partial charge in [0.1, 0.15) is 18.0 Å². The zero-order valence-corrected chi connectivity index (χ0v) is 21.1. The summed E-state index contributed by atoms with van der Waals surface area (Å²) >= 11 is 0. The van der Waals surface area contributed by atoms with Gasteiger partial charge < -0.3 is 15.1 Å². The number of hydrogen-bond donors (Lipinski definition) is 1. The Labute approximate surface area is 211 Å². The molecule has 0 unspecified atom stereocenters. The van der Waals surface area contributed by atoms with Crippen molar-refractivity contribution in [1.82, 2.24) is 25.1 Å². The summed E-state index contributed by atoms with van der Waals surface area (Å²) in [6, 6.07) is 14.5. The van der Waals surface area contributed by atoms with Crippen LogP contribution >= 0.6 is 0 Å². The summed E-state index contributed by atoms with van der Waals surface area (Å²) in [6.07, 6.45) is 1.61. The van der Waals surface area contributed by atoms with Gasteiger partial charge in [-0.25, -0.2) is 19.2 Å². The zero-order chi connectivity index (χ0) is 25.8. The van der Waals surface area contributed by atoms with Crippen molar-refractivity contribution in [1.29, 1.82) is 0 Å². The lowest BCUT2D eigenvalue weighted by Crippen LogP contribution is -2.76. The van der Waals surface area contributed by atoms with Crippen molar-refractivity contribution in [3.05, 3.63) is 71.5 Å². The topological polar surface area (TPSA) is 76.2 Å². The number of rotatable bonds is 7. The second-order valence-corrected chi connectivity index (χ2v) is 9.46. The van der Waals surface area contributed by atoms with Gasteiger partial charge in [0.25, 0.3) is 0 Å². The number of piperazine rings is 1. The number of hydrazine groups is 1. The van der Waals surface area contributed by atoms with E-state index in [4.69, 9.17) is 0 Å². The average Bonchev–Trinajstić information content (AvgIpc) is 2.87. The fourth-order valence-corrected chi connectivity index (χ4v) is 5.06. The number of benzene rings is 2. The lowest BCUT2D eigenvalue weighted by atomic mass is 9.98. The Morgan fingerprint density at radius 3 is 2.47 bits per heavy atom. The molecule has 1 N–H and O–H groups in total. The van der Waals surface area contributed by atoms with Crippen LogP contribution in [0.25, 0.3) is 0 Å². The number of unbranched alkanes of at least 4 members (excludes halogenated alkanes) is 1. The third-order valence-corrected chi connectivity index (χ3v) is 7.03. The number of fused-ring (bicyclic) bond motifs is 1. The van der Waals surface area contributed by atoms with Crippen LogP contribution in [0.1, 0.15) is 50.3 Å². The van der Waals surface area contributed by atoms with E-state index in [9.17, 15) is 18.8 Å². The summed E-state index contributed by atoms with van der Waals surface area (Å²) in [6.45, 7) is 4.46. The predicted octanol–water partition coefficient (Wildman–Crippen LogP) is 3.51. The van der Waals surface area contributed by atoms with E-state index in [1.807, 2.05) is 37.3 Å². The highest BCUT2D eigenvalue weighted by Gasteiger charge is 2.51. The van der Waals surface area contributed by atoms with Gasteiger partial charge in [0, 0.05) is 13.6 Å². The molecule has 8 nitrogen and oxygen atoms in total. The Morgan fingerprint density at radius 1 is 1.11 bits per heavy atom. The SMILES string of the molecule is CCCC[C@H]1C(=O)N([C@H](C)c2ccccc2)C[C@H]2N1C(=O)CN(C)N2C(=O)NCc1ccc(F)cc1. The molecule has 4 rings (SSSR count). The summed E-state index contributed by atoms with van der Waals surface area (Å²) in [5.74, 6) is -0.584. The maximum Gasteiger partial charge on any atom is 0.334 e. The molecule has 192 valence electrons. The molecule has 2 heterocycles. The van der Waals surface area contributed by atoms with E-state index in [1.165, 1.54) is 12.1 Å². The largest absolute Gasteiger partial charge is 0.334 e. The van der Waals surface area contributed by atoms with Crippen LogP contribution in [0, 0.1) is 5.82 Å². The monoisotopic (exact) mass is 495 g/mol. The standard InChI is InChI=1S/C27H34FN5O3/c1-4-5-11-23-26(35)31(19(2)21-9-7-6-8-10-21)17-24-32(23)25(34)18-30(3)33(24)27(36)29-16-20-12-14-22(28)15-13-20/h6-10,12-15,19,23-24H,4-5,11,16-18H2,1-3H3,(H,29,36)/t19-,23+,24+/m1/s1. The Hall–Kier alpha value is -3.46. The molecule has 0 radical (unpaired) electrons. The minimum absolute atomic E-state index is 0.00458. The third-order valence-electron chi connectivity index (χ3n) is 7.03. The van der Waals surface area contributed by atoms with Crippen molar-refractivity contribution in [2.24, 2.45) is 0 Å². The van der Waals surface area contributed by atoms with Crippen molar-refractivity contribution in [2.45, 2.75) is 57.9 Å². The fraction of sp³-hybridized carbons (Fsp3) is 0.444. The number of urea groups is 1. The Kier molecular flexibility index (Phi) is 7.88. The Bertz CT molecular complexity index is 1080. The summed E-state index contributed by atoms with van der Waals surface area (Å²) in [4.78, 5) is 43.7. The average molecular weight is 496 g/mol. The highest BCUT2D eigenvalue weighted by Crippen LogP contribution is 2.32. The number of nitrogens with one attached hydrogen (secondary N) is 1. The second kappa shape index (κ2) is 11.1. The number of amides is 4. The molecule has 2 aromatic carbocycles. The maximum absolute atomic E-state index is 13.7. The van der Waals surface area contributed by atoms with E-state index in [0.29, 0.717) is 6.42 Å². The Balaban J connectivity index is 1.62. The van der Waals surface area contributed by atoms with Gasteiger partial charge in [0.05, 0.1) is 19.1 Å². The molecule has 2 saturated heterocycles. The van der Waals surface area contributed by atoms with Crippen LogP contribution in [-0.4, -0.2) is 70.0 Å². The van der Waals surface area contributed by atoms with Gasteiger partial charge in [-0.1, -0.05) is 62.2 Å². The molecule has 9 heteroatoms. The molecule has 0 bridgehead atoms. The van der Waals surface area contributed by atoms with Crippen LogP contribution in [0.3, 0.4) is 0 Å². The van der Waals surface area contributed by atoms with Gasteiger partial charge in [-0.15, -0.1) is 0 Å². The first-order valence-corrected chi connectivity index (χ1v) is 12.5. The first-order chi connectivity index (χ1) is 17.3. The van der Waals surface area contributed by atoms with Crippen LogP contribution in [0.4, 0.5) is 9.18 Å². The van der Waals surface area contributed by atoms with E-state index in [1.54, 1.807) is 39.0 Å². The third kappa shape index (κ3) is 5.21. The van der Waals surface area contributed by atoms with Gasteiger partial charge in [0.15, 0.2) is 0 Å². The van der Waals surface area contributed by atoms with Crippen molar-refractivity contribution >= 4 is 17.8 Å². The molecule has 2 aliphatic heterocycles. The highest BCUT2D eigenvalue weighted by atomic mass is 19.1. The summed E-state index contributed by atoms with van der Waals surface area (Å²) in [5, 5.41) is 6.05. The van der Waals surface area contributed by atoms with Gasteiger partial charge in [0.2, 0.25) is 11.8 Å². The number of carbonyl (C=O) groups is 3. The molecule has 2 fully saturated rings. The molecular formula is C27H34FN5O3. The van der Waals surface area contributed by atoms with Crippen molar-refractivity contribution < 1.29 is 18.8 Å². The van der Waals surface area contributed by atoms with E-state index in [2.05, 4.69) is 12.2 Å². The number of halogens is 1. The summed E-state index contributed by atoms with van der Waals surface area (Å²) < 4.78 is 13.3. The quantitative estimate of drug-likeness (QED) is 0.638. The van der Waals surface area contributed by atoms with Gasteiger partial charge in [-0.05, 0) is 36.6 Å². The number of nitrogens with zero attached hydrogens (tertiary/aromatic N) is 4. The van der Waals surface area contributed by atoms with Crippen LogP contribution in [0.15, 0.2) is 54.6 Å². The van der Waals surface area contributed by atoms with Crippen LogP contribution in [0.5, 0.6) is 0 Å². The normalized spacial score (nSPS) is 21.4. The number of hydrogen-bond acceptors (Lipinski definition) is 4. The van der Waals surface area contributed by atoms with Crippen LogP contribution < -0.4 is 5.32 Å². The molecule has 36 heavy (non-hydrogen) atoms. The van der Waals surface area contributed by atoms with Crippen molar-refractivity contribution in [3.63, 3.8) is 0 Å². The molecule has 3 atom stereocenters. The molecule has 2 aromatic rings. The molecule has 0 aliphatic carbocycles. The molecule has 2 aliphatic rings. The van der Waals surface area contributed by atoms with E-state index >= 15 is 0 Å². The van der Waals surface area contributed by atoms with Gasteiger partial charge >= 0.3 is 6.03 Å². The summed E-state index contributed by atoms with van der Waals surface area (Å²) in [5.41, 5.74) is 1.76. The van der Waals surface area contributed by atoms with Crippen LogP contribution in [-0.2, 0) is 16.1 Å². The first-order valence-electron chi connectivity index (χ1n) is 12.5. The van der Waals surface area contributed by atoms with Crippen molar-refractivity contribution in [3.8, 4) is 0 Å². The fourth-order valence-electron chi connectivity index (χ4n) is 5.06. The summed E-state index contributed by atoms with van der Waals surface area (Å²) in [7, 11) is 1.70. The van der Waals surface area contributed by atoms with Gasteiger partial charge in [-0.3, -0.25) is 9.59 Å². The van der Waals surface area contributed by atoms with E-state index in [0.717, 1.165) is 24.0 Å². The smallest absolute Gasteiger partial charge is 0.333 e. The first kappa shape index (κ1) is 25.6. The zero-order valence-electron chi connectivity index (χ0n) is 21.1. The lowest BCUT2D eigenvalue weighted by Gasteiger charge is -2.55. The highest BCUT2D eigenvalue weighted by molar-refractivity contribution is 5.91. The Morgan fingerprint density at radius 2 is 1.81 bits per heavy atom. The van der Waals surface area contributed by atoms with E-state index < -0.39 is 12.2 Å². The number of likely N-dealkylation sites (N-methyl/N-ethyl adjacent to an activating group) is 1. The van der Waals surface area contributed by atoms with Gasteiger partial charge in [-0.2, -0.15) is 0 Å².